The molecule has 10 nitrogen and oxygen atoms in total. The molecule has 3 aliphatic rings. The van der Waals surface area contributed by atoms with Crippen LogP contribution in [0.25, 0.3) is 10.8 Å². The number of carbonyl (C=O) groups is 1. The molecule has 0 unspecified atom stereocenters. The number of piperazine rings is 1. The number of aromatic nitrogens is 2. The van der Waals surface area contributed by atoms with E-state index in [1.807, 2.05) is 0 Å². The van der Waals surface area contributed by atoms with Gasteiger partial charge in [0, 0.05) is 49.4 Å². The van der Waals surface area contributed by atoms with Crippen molar-refractivity contribution in [3.8, 4) is 12.1 Å². The number of carbonyl (C=O) groups excluding carboxylic acids is 1. The van der Waals surface area contributed by atoms with Gasteiger partial charge in [0.05, 0.1) is 50.0 Å². The Balaban J connectivity index is 1.30. The minimum Gasteiger partial charge on any atom is -0.462 e. The van der Waals surface area contributed by atoms with Gasteiger partial charge >= 0.3 is 6.01 Å². The van der Waals surface area contributed by atoms with Crippen LogP contribution in [0.2, 0.25) is 0 Å². The number of hydrogen-bond acceptors (Lipinski definition) is 9. The van der Waals surface area contributed by atoms with E-state index >= 15 is 0 Å². The summed E-state index contributed by atoms with van der Waals surface area (Å²) in [5.41, 5.74) is 4.53. The van der Waals surface area contributed by atoms with Gasteiger partial charge in [0.25, 0.3) is 0 Å². The Morgan fingerprint density at radius 3 is 2.74 bits per heavy atom. The third-order valence-electron chi connectivity index (χ3n) is 8.94. The second-order valence-corrected chi connectivity index (χ2v) is 11.6. The predicted molar refractivity (Wildman–Crippen MR) is 166 cm³/mol. The van der Waals surface area contributed by atoms with E-state index < -0.39 is 0 Å². The Bertz CT molecular complexity index is 1540. The van der Waals surface area contributed by atoms with E-state index in [9.17, 15) is 10.1 Å². The molecule has 1 aromatic heterocycles. The summed E-state index contributed by atoms with van der Waals surface area (Å²) < 4.78 is 11.5. The van der Waals surface area contributed by atoms with Gasteiger partial charge in [-0.2, -0.15) is 15.2 Å². The summed E-state index contributed by atoms with van der Waals surface area (Å²) in [6.45, 7) is 11.7. The smallest absolute Gasteiger partial charge is 0.318 e. The summed E-state index contributed by atoms with van der Waals surface area (Å²) in [4.78, 5) is 31.1. The fourth-order valence-corrected chi connectivity index (χ4v) is 6.37. The van der Waals surface area contributed by atoms with Gasteiger partial charge < -0.3 is 24.2 Å². The van der Waals surface area contributed by atoms with Crippen molar-refractivity contribution < 1.29 is 14.3 Å². The van der Waals surface area contributed by atoms with E-state index in [-0.39, 0.29) is 18.4 Å². The largest absolute Gasteiger partial charge is 0.462 e. The first-order valence-corrected chi connectivity index (χ1v) is 15.1. The normalized spacial score (nSPS) is 18.7. The molecular weight excluding hydrogens is 542 g/mol. The van der Waals surface area contributed by atoms with Crippen molar-refractivity contribution in [2.75, 3.05) is 69.4 Å². The van der Waals surface area contributed by atoms with Crippen molar-refractivity contribution in [3.63, 3.8) is 0 Å². The van der Waals surface area contributed by atoms with Gasteiger partial charge in [-0.15, -0.1) is 0 Å². The Labute approximate surface area is 253 Å². The molecule has 0 radical (unpaired) electrons. The van der Waals surface area contributed by atoms with Gasteiger partial charge in [0.2, 0.25) is 5.91 Å². The Morgan fingerprint density at radius 1 is 1.19 bits per heavy atom. The van der Waals surface area contributed by atoms with Crippen LogP contribution in [0.4, 0.5) is 11.5 Å². The summed E-state index contributed by atoms with van der Waals surface area (Å²) >= 11 is 0. The number of amides is 1. The molecule has 0 spiro atoms. The number of hydrogen-bond donors (Lipinski definition) is 0. The molecule has 3 aliphatic heterocycles. The van der Waals surface area contributed by atoms with Gasteiger partial charge in [0.15, 0.2) is 0 Å². The van der Waals surface area contributed by atoms with Crippen molar-refractivity contribution >= 4 is 28.2 Å². The fraction of sp³-hybridized carbons (Fsp3) is 0.455. The zero-order chi connectivity index (χ0) is 29.9. The highest BCUT2D eigenvalue weighted by Crippen LogP contribution is 2.36. The molecule has 3 aromatic rings. The standard InChI is InChI=1S/C33H39N7O3/c1-4-30(41)40-16-15-39(19-25(40)11-13-34)32-27-12-14-38(29-10-6-9-24-8-5-7-23(2)31(24)29)20-28(27)35-33(36-32)43-18-17-37(3)26-21-42-22-26/h4-10,25-26H,1,11-12,14-22H2,2-3H3/t25-/m0/s1. The molecule has 1 atom stereocenters. The van der Waals surface area contributed by atoms with Crippen LogP contribution in [-0.4, -0.2) is 97.4 Å². The van der Waals surface area contributed by atoms with Crippen LogP contribution in [0.1, 0.15) is 23.2 Å². The molecule has 0 N–H and O–H groups in total. The number of ether oxygens (including phenoxy) is 2. The molecule has 2 aromatic carbocycles. The van der Waals surface area contributed by atoms with E-state index in [0.29, 0.717) is 44.8 Å². The molecule has 224 valence electrons. The maximum atomic E-state index is 12.5. The quantitative estimate of drug-likeness (QED) is 0.353. The molecule has 2 fully saturated rings. The Hall–Kier alpha value is -4.20. The second-order valence-electron chi connectivity index (χ2n) is 11.6. The number of anilines is 2. The van der Waals surface area contributed by atoms with E-state index in [2.05, 4.69) is 77.7 Å². The molecule has 1 amide bonds. The first-order chi connectivity index (χ1) is 21.0. The first kappa shape index (κ1) is 28.9. The monoisotopic (exact) mass is 581 g/mol. The van der Waals surface area contributed by atoms with E-state index in [4.69, 9.17) is 19.4 Å². The Kier molecular flexibility index (Phi) is 8.45. The molecular formula is C33H39N7O3. The highest BCUT2D eigenvalue weighted by atomic mass is 16.5. The summed E-state index contributed by atoms with van der Waals surface area (Å²) in [7, 11) is 2.08. The van der Waals surface area contributed by atoms with Crippen molar-refractivity contribution in [1.29, 1.82) is 5.26 Å². The number of fused-ring (bicyclic) bond motifs is 2. The van der Waals surface area contributed by atoms with Crippen LogP contribution in [0.3, 0.4) is 0 Å². The van der Waals surface area contributed by atoms with Gasteiger partial charge in [-0.25, -0.2) is 0 Å². The van der Waals surface area contributed by atoms with Crippen LogP contribution in [0.5, 0.6) is 6.01 Å². The summed E-state index contributed by atoms with van der Waals surface area (Å²) in [5.74, 6) is 0.707. The average Bonchev–Trinajstić information content (AvgIpc) is 2.99. The fourth-order valence-electron chi connectivity index (χ4n) is 6.37. The lowest BCUT2D eigenvalue weighted by Crippen LogP contribution is -2.55. The number of likely N-dealkylation sites (N-methyl/N-ethyl adjacent to an activating group) is 1. The van der Waals surface area contributed by atoms with E-state index in [1.54, 1.807) is 4.90 Å². The lowest BCUT2D eigenvalue weighted by atomic mass is 9.99. The first-order valence-electron chi connectivity index (χ1n) is 15.1. The molecule has 0 saturated carbocycles. The maximum absolute atomic E-state index is 12.5. The van der Waals surface area contributed by atoms with Crippen LogP contribution in [0.15, 0.2) is 49.1 Å². The van der Waals surface area contributed by atoms with E-state index in [0.717, 1.165) is 49.8 Å². The summed E-state index contributed by atoms with van der Waals surface area (Å²) in [6, 6.07) is 15.7. The minimum atomic E-state index is -0.240. The highest BCUT2D eigenvalue weighted by Gasteiger charge is 2.33. The SMILES string of the molecule is C=CC(=O)N1CCN(c2nc(OCCN(C)C3COC3)nc3c2CCN(c2cccc4cccc(C)c24)C3)C[C@@H]1CC#N. The number of nitrogens with zero attached hydrogens (tertiary/aromatic N) is 7. The van der Waals surface area contributed by atoms with Gasteiger partial charge in [-0.1, -0.05) is 36.9 Å². The zero-order valence-electron chi connectivity index (χ0n) is 25.0. The maximum Gasteiger partial charge on any atom is 0.318 e. The van der Waals surface area contributed by atoms with Gasteiger partial charge in [-0.3, -0.25) is 9.69 Å². The molecule has 2 saturated heterocycles. The third-order valence-corrected chi connectivity index (χ3v) is 8.94. The average molecular weight is 582 g/mol. The van der Waals surface area contributed by atoms with Crippen LogP contribution < -0.4 is 14.5 Å². The van der Waals surface area contributed by atoms with Crippen LogP contribution in [-0.2, 0) is 22.5 Å². The molecule has 4 heterocycles. The second kappa shape index (κ2) is 12.6. The van der Waals surface area contributed by atoms with Crippen molar-refractivity contribution in [2.24, 2.45) is 0 Å². The number of aryl methyl sites for hydroxylation is 1. The van der Waals surface area contributed by atoms with Gasteiger partial charge in [0.1, 0.15) is 12.4 Å². The molecule has 43 heavy (non-hydrogen) atoms. The number of benzene rings is 2. The topological polar surface area (TPSA) is 98.1 Å². The lowest BCUT2D eigenvalue weighted by molar-refractivity contribution is -0.128. The molecule has 10 heteroatoms. The van der Waals surface area contributed by atoms with Crippen LogP contribution in [0, 0.1) is 18.3 Å². The van der Waals surface area contributed by atoms with Crippen molar-refractivity contribution in [2.45, 2.75) is 38.4 Å². The van der Waals surface area contributed by atoms with Crippen molar-refractivity contribution in [1.82, 2.24) is 19.8 Å². The number of nitriles is 1. The molecule has 0 bridgehead atoms. The zero-order valence-corrected chi connectivity index (χ0v) is 25.0. The van der Waals surface area contributed by atoms with E-state index in [1.165, 1.54) is 28.1 Å². The van der Waals surface area contributed by atoms with Crippen molar-refractivity contribution in [3.05, 3.63) is 65.9 Å². The third kappa shape index (κ3) is 5.88. The predicted octanol–water partition coefficient (Wildman–Crippen LogP) is 3.33. The lowest BCUT2D eigenvalue weighted by Gasteiger charge is -2.42. The summed E-state index contributed by atoms with van der Waals surface area (Å²) in [5, 5.41) is 12.0. The van der Waals surface area contributed by atoms with Gasteiger partial charge in [-0.05, 0) is 43.5 Å². The minimum absolute atomic E-state index is 0.143. The highest BCUT2D eigenvalue weighted by molar-refractivity contribution is 5.97. The Morgan fingerprint density at radius 2 is 2.00 bits per heavy atom. The number of rotatable bonds is 9. The van der Waals surface area contributed by atoms with Crippen LogP contribution >= 0.6 is 0 Å². The summed E-state index contributed by atoms with van der Waals surface area (Å²) in [6.07, 6.45) is 2.36. The molecule has 0 aliphatic carbocycles. The molecule has 6 rings (SSSR count).